The average Bonchev–Trinajstić information content (AvgIpc) is 2.74. The maximum atomic E-state index is 10.9. The Labute approximate surface area is 120 Å². The summed E-state index contributed by atoms with van der Waals surface area (Å²) in [5.41, 5.74) is 0.807. The third-order valence-corrected chi connectivity index (χ3v) is 4.09. The first-order chi connectivity index (χ1) is 8.96. The van der Waals surface area contributed by atoms with Crippen LogP contribution in [-0.4, -0.2) is 37.7 Å². The standard InChI is InChI=1S/C10H13ClN4O2S2/c1-19(16,17)13-5-2-4-12-9-8-7(3-6-18-8)14-10(11)15-9/h3,6,13H,2,4-5H2,1H3,(H,12,14,15). The molecule has 2 N–H and O–H groups in total. The summed E-state index contributed by atoms with van der Waals surface area (Å²) in [4.78, 5) is 8.24. The minimum Gasteiger partial charge on any atom is -0.369 e. The zero-order chi connectivity index (χ0) is 13.9. The Hall–Kier alpha value is -0.960. The molecule has 0 radical (unpaired) electrons. The van der Waals surface area contributed by atoms with E-state index in [1.54, 1.807) is 0 Å². The third-order valence-electron chi connectivity index (χ3n) is 2.29. The Morgan fingerprint density at radius 1 is 1.37 bits per heavy atom. The number of aromatic nitrogens is 2. The summed E-state index contributed by atoms with van der Waals surface area (Å²) in [5, 5.41) is 5.26. The Morgan fingerprint density at radius 3 is 2.89 bits per heavy atom. The summed E-state index contributed by atoms with van der Waals surface area (Å²) in [5.74, 6) is 0.685. The van der Waals surface area contributed by atoms with E-state index in [1.165, 1.54) is 11.3 Å². The van der Waals surface area contributed by atoms with E-state index in [0.717, 1.165) is 16.5 Å². The molecule has 6 nitrogen and oxygen atoms in total. The van der Waals surface area contributed by atoms with E-state index in [0.29, 0.717) is 25.3 Å². The predicted molar refractivity (Wildman–Crippen MR) is 78.4 cm³/mol. The van der Waals surface area contributed by atoms with Gasteiger partial charge < -0.3 is 5.32 Å². The molecular formula is C10H13ClN4O2S2. The first-order valence-corrected chi connectivity index (χ1v) is 8.70. The van der Waals surface area contributed by atoms with Crippen molar-refractivity contribution in [2.75, 3.05) is 24.7 Å². The number of rotatable bonds is 6. The van der Waals surface area contributed by atoms with E-state index in [4.69, 9.17) is 11.6 Å². The van der Waals surface area contributed by atoms with Crippen LogP contribution in [0.4, 0.5) is 5.82 Å². The van der Waals surface area contributed by atoms with E-state index in [1.807, 2.05) is 11.4 Å². The Kier molecular flexibility index (Phi) is 4.56. The highest BCUT2D eigenvalue weighted by molar-refractivity contribution is 7.88. The summed E-state index contributed by atoms with van der Waals surface area (Å²) in [6.07, 6.45) is 1.79. The monoisotopic (exact) mass is 320 g/mol. The fourth-order valence-corrected chi connectivity index (χ4v) is 3.00. The second-order valence-electron chi connectivity index (χ2n) is 3.92. The van der Waals surface area contributed by atoms with Crippen LogP contribution in [-0.2, 0) is 10.0 Å². The maximum absolute atomic E-state index is 10.9. The molecule has 0 unspecified atom stereocenters. The normalized spacial score (nSPS) is 11.9. The van der Waals surface area contributed by atoms with Gasteiger partial charge in [0.05, 0.1) is 16.5 Å². The van der Waals surface area contributed by atoms with Gasteiger partial charge in [-0.15, -0.1) is 11.3 Å². The van der Waals surface area contributed by atoms with Crippen molar-refractivity contribution in [1.82, 2.24) is 14.7 Å². The van der Waals surface area contributed by atoms with Gasteiger partial charge in [0.25, 0.3) is 0 Å². The van der Waals surface area contributed by atoms with Crippen LogP contribution in [0.15, 0.2) is 11.4 Å². The smallest absolute Gasteiger partial charge is 0.224 e. The van der Waals surface area contributed by atoms with Crippen molar-refractivity contribution >= 4 is 49.0 Å². The van der Waals surface area contributed by atoms with Gasteiger partial charge in [0.15, 0.2) is 0 Å². The van der Waals surface area contributed by atoms with Crippen molar-refractivity contribution < 1.29 is 8.42 Å². The van der Waals surface area contributed by atoms with Gasteiger partial charge in [-0.25, -0.2) is 18.1 Å². The van der Waals surface area contributed by atoms with Crippen molar-refractivity contribution in [2.24, 2.45) is 0 Å². The van der Waals surface area contributed by atoms with E-state index in [9.17, 15) is 8.42 Å². The molecule has 2 aromatic rings. The lowest BCUT2D eigenvalue weighted by Gasteiger charge is -2.07. The number of sulfonamides is 1. The number of nitrogens with zero attached hydrogens (tertiary/aromatic N) is 2. The van der Waals surface area contributed by atoms with Gasteiger partial charge in [0.1, 0.15) is 5.82 Å². The van der Waals surface area contributed by atoms with Crippen LogP contribution in [0.3, 0.4) is 0 Å². The molecule has 0 aromatic carbocycles. The lowest BCUT2D eigenvalue weighted by Crippen LogP contribution is -2.24. The summed E-state index contributed by atoms with van der Waals surface area (Å²) in [7, 11) is -3.12. The lowest BCUT2D eigenvalue weighted by molar-refractivity contribution is 0.586. The Balaban J connectivity index is 1.93. The van der Waals surface area contributed by atoms with Gasteiger partial charge in [-0.1, -0.05) is 0 Å². The molecule has 0 fully saturated rings. The summed E-state index contributed by atoms with van der Waals surface area (Å²) >= 11 is 7.36. The molecule has 0 atom stereocenters. The minimum atomic E-state index is -3.12. The largest absolute Gasteiger partial charge is 0.369 e. The van der Waals surface area contributed by atoms with Crippen LogP contribution in [0, 0.1) is 0 Å². The molecular weight excluding hydrogens is 308 g/mol. The van der Waals surface area contributed by atoms with Gasteiger partial charge in [-0.2, -0.15) is 4.98 Å². The number of hydrogen-bond donors (Lipinski definition) is 2. The highest BCUT2D eigenvalue weighted by Crippen LogP contribution is 2.26. The third kappa shape index (κ3) is 4.27. The molecule has 0 spiro atoms. The fourth-order valence-electron chi connectivity index (χ4n) is 1.51. The summed E-state index contributed by atoms with van der Waals surface area (Å²) in [6, 6.07) is 1.88. The van der Waals surface area contributed by atoms with Crippen molar-refractivity contribution in [2.45, 2.75) is 6.42 Å². The van der Waals surface area contributed by atoms with Crippen LogP contribution < -0.4 is 10.0 Å². The minimum absolute atomic E-state index is 0.197. The molecule has 0 aliphatic carbocycles. The molecule has 0 aliphatic heterocycles. The van der Waals surface area contributed by atoms with Crippen molar-refractivity contribution in [1.29, 1.82) is 0 Å². The zero-order valence-electron chi connectivity index (χ0n) is 10.2. The second kappa shape index (κ2) is 6.00. The zero-order valence-corrected chi connectivity index (χ0v) is 12.6. The number of fused-ring (bicyclic) bond motifs is 1. The molecule has 9 heteroatoms. The highest BCUT2D eigenvalue weighted by Gasteiger charge is 2.07. The lowest BCUT2D eigenvalue weighted by atomic mass is 10.4. The van der Waals surface area contributed by atoms with Crippen LogP contribution in [0.2, 0.25) is 5.28 Å². The van der Waals surface area contributed by atoms with Crippen molar-refractivity contribution in [3.05, 3.63) is 16.7 Å². The van der Waals surface area contributed by atoms with Gasteiger partial charge in [0.2, 0.25) is 15.3 Å². The molecule has 2 heterocycles. The number of halogens is 1. The molecule has 19 heavy (non-hydrogen) atoms. The van der Waals surface area contributed by atoms with Gasteiger partial charge in [0, 0.05) is 13.1 Å². The molecule has 0 aliphatic rings. The van der Waals surface area contributed by atoms with Gasteiger partial charge in [-0.3, -0.25) is 0 Å². The molecule has 0 bridgehead atoms. The number of thiophene rings is 1. The first-order valence-electron chi connectivity index (χ1n) is 5.55. The average molecular weight is 321 g/mol. The number of anilines is 1. The van der Waals surface area contributed by atoms with E-state index >= 15 is 0 Å². The van der Waals surface area contributed by atoms with Crippen LogP contribution in [0.1, 0.15) is 6.42 Å². The van der Waals surface area contributed by atoms with Gasteiger partial charge in [-0.05, 0) is 29.5 Å². The molecule has 0 amide bonds. The highest BCUT2D eigenvalue weighted by atomic mass is 35.5. The number of nitrogens with one attached hydrogen (secondary N) is 2. The Morgan fingerprint density at radius 2 is 2.16 bits per heavy atom. The predicted octanol–water partition coefficient (Wildman–Crippen LogP) is 1.70. The topological polar surface area (TPSA) is 84.0 Å². The molecule has 2 aromatic heterocycles. The van der Waals surface area contributed by atoms with Crippen LogP contribution in [0.5, 0.6) is 0 Å². The van der Waals surface area contributed by atoms with Crippen LogP contribution >= 0.6 is 22.9 Å². The van der Waals surface area contributed by atoms with E-state index in [2.05, 4.69) is 20.0 Å². The molecule has 0 saturated heterocycles. The first kappa shape index (κ1) is 14.4. The maximum Gasteiger partial charge on any atom is 0.224 e. The quantitative estimate of drug-likeness (QED) is 0.625. The SMILES string of the molecule is CS(=O)(=O)NCCCNc1nc(Cl)nc2ccsc12. The molecule has 104 valence electrons. The van der Waals surface area contributed by atoms with E-state index in [-0.39, 0.29) is 5.28 Å². The second-order valence-corrected chi connectivity index (χ2v) is 7.01. The van der Waals surface area contributed by atoms with Crippen molar-refractivity contribution in [3.8, 4) is 0 Å². The Bertz CT molecular complexity index is 671. The number of hydrogen-bond acceptors (Lipinski definition) is 6. The van der Waals surface area contributed by atoms with Gasteiger partial charge >= 0.3 is 0 Å². The van der Waals surface area contributed by atoms with E-state index < -0.39 is 10.0 Å². The van der Waals surface area contributed by atoms with Crippen molar-refractivity contribution in [3.63, 3.8) is 0 Å². The molecule has 0 saturated carbocycles. The van der Waals surface area contributed by atoms with Crippen LogP contribution in [0.25, 0.3) is 10.2 Å². The molecule has 2 rings (SSSR count). The summed E-state index contributed by atoms with van der Waals surface area (Å²) in [6.45, 7) is 0.987. The fraction of sp³-hybridized carbons (Fsp3) is 0.400. The summed E-state index contributed by atoms with van der Waals surface area (Å²) < 4.78 is 25.1.